The summed E-state index contributed by atoms with van der Waals surface area (Å²) >= 11 is 0. The molecule has 4 aliphatic rings. The van der Waals surface area contributed by atoms with E-state index in [4.69, 9.17) is 0 Å². The van der Waals surface area contributed by atoms with Gasteiger partial charge in [0.05, 0.1) is 17.8 Å². The molecule has 2 unspecified atom stereocenters. The first-order valence-electron chi connectivity index (χ1n) is 13.3. The molecule has 32 heavy (non-hydrogen) atoms. The van der Waals surface area contributed by atoms with Crippen LogP contribution in [0.3, 0.4) is 0 Å². The Morgan fingerprint density at radius 3 is 2.34 bits per heavy atom. The normalized spacial score (nSPS) is 48.5. The molecular formula is C28H48O4. The molecule has 0 spiro atoms. The lowest BCUT2D eigenvalue weighted by molar-refractivity contribution is -0.218. The van der Waals surface area contributed by atoms with Crippen LogP contribution in [0.4, 0.5) is 0 Å². The molecule has 4 heteroatoms. The van der Waals surface area contributed by atoms with Crippen molar-refractivity contribution in [3.05, 3.63) is 0 Å². The Morgan fingerprint density at radius 1 is 1.03 bits per heavy atom. The van der Waals surface area contributed by atoms with Gasteiger partial charge in [0.1, 0.15) is 5.78 Å². The largest absolute Gasteiger partial charge is 0.393 e. The van der Waals surface area contributed by atoms with Gasteiger partial charge >= 0.3 is 0 Å². The van der Waals surface area contributed by atoms with Crippen LogP contribution in [0.15, 0.2) is 0 Å². The zero-order chi connectivity index (χ0) is 23.7. The third kappa shape index (κ3) is 3.62. The van der Waals surface area contributed by atoms with E-state index in [0.717, 1.165) is 32.1 Å². The number of fused-ring (bicyclic) bond motifs is 5. The monoisotopic (exact) mass is 448 g/mol. The van der Waals surface area contributed by atoms with Crippen molar-refractivity contribution in [1.82, 2.24) is 0 Å². The fraction of sp³-hybridized carbons (Fsp3) is 0.964. The topological polar surface area (TPSA) is 77.8 Å². The van der Waals surface area contributed by atoms with Crippen molar-refractivity contribution in [1.29, 1.82) is 0 Å². The minimum atomic E-state index is -1.05. The van der Waals surface area contributed by atoms with Crippen molar-refractivity contribution in [2.24, 2.45) is 45.8 Å². The molecule has 10 atom stereocenters. The minimum Gasteiger partial charge on any atom is -0.393 e. The van der Waals surface area contributed by atoms with E-state index in [0.29, 0.717) is 48.2 Å². The number of aliphatic hydroxyl groups is 3. The molecule has 0 bridgehead atoms. The second-order valence-corrected chi connectivity index (χ2v) is 13.6. The number of ketones is 1. The van der Waals surface area contributed by atoms with Crippen LogP contribution in [0.2, 0.25) is 0 Å². The summed E-state index contributed by atoms with van der Waals surface area (Å²) in [6.07, 6.45) is 8.52. The van der Waals surface area contributed by atoms with Crippen LogP contribution >= 0.6 is 0 Å². The van der Waals surface area contributed by atoms with Crippen LogP contribution in [0.5, 0.6) is 0 Å². The highest BCUT2D eigenvalue weighted by Gasteiger charge is 2.68. The maximum absolute atomic E-state index is 12.2. The Bertz CT molecular complexity index is 727. The molecule has 0 aromatic rings. The Kier molecular flexibility index (Phi) is 6.21. The maximum atomic E-state index is 12.2. The SMILES string of the molecule is C[C@H](CCC(O)C(C)(C)O)[C@H]1CC[C@@H]2[C@]1(C)CC[C@@H]1[C@@]3(C)CCC(=O)C[C@H]3CC(O)[C@]12C. The Labute approximate surface area is 195 Å². The number of Topliss-reactive ketones (excluding diaryl/α,β-unsaturated/α-hetero) is 1. The van der Waals surface area contributed by atoms with Crippen molar-refractivity contribution >= 4 is 5.78 Å². The Hall–Kier alpha value is -0.450. The molecule has 4 rings (SSSR count). The number of hydrogen-bond acceptors (Lipinski definition) is 4. The highest BCUT2D eigenvalue weighted by atomic mass is 16.3. The van der Waals surface area contributed by atoms with Crippen LogP contribution in [-0.4, -0.2) is 38.9 Å². The summed E-state index contributed by atoms with van der Waals surface area (Å²) in [6, 6.07) is 0. The van der Waals surface area contributed by atoms with Crippen LogP contribution in [-0.2, 0) is 4.79 Å². The number of rotatable bonds is 5. The quantitative estimate of drug-likeness (QED) is 0.545. The van der Waals surface area contributed by atoms with Crippen LogP contribution < -0.4 is 0 Å². The standard InChI is InChI=1S/C28H48O4/c1-17(7-10-23(30)25(2,3)32)20-8-9-21-27(20,5)14-12-22-26(4)13-11-19(29)15-18(26)16-24(31)28(21,22)6/h17-18,20-24,30-32H,7-16H2,1-6H3/t17-,18+,20-,21-,22-,23?,24?,26+,27-,28+/m1/s1. The summed E-state index contributed by atoms with van der Waals surface area (Å²) in [5, 5.41) is 32.1. The van der Waals surface area contributed by atoms with Gasteiger partial charge < -0.3 is 15.3 Å². The van der Waals surface area contributed by atoms with Gasteiger partial charge in [-0.2, -0.15) is 0 Å². The third-order valence-corrected chi connectivity index (χ3v) is 11.7. The lowest BCUT2D eigenvalue weighted by Gasteiger charge is -2.67. The summed E-state index contributed by atoms with van der Waals surface area (Å²) in [5.74, 6) is 2.86. The van der Waals surface area contributed by atoms with Gasteiger partial charge in [0.2, 0.25) is 0 Å². The van der Waals surface area contributed by atoms with Gasteiger partial charge in [0, 0.05) is 18.3 Å². The number of aliphatic hydroxyl groups excluding tert-OH is 2. The maximum Gasteiger partial charge on any atom is 0.133 e. The summed E-state index contributed by atoms with van der Waals surface area (Å²) in [6.45, 7) is 13.0. The summed E-state index contributed by atoms with van der Waals surface area (Å²) in [5.41, 5.74) is -0.713. The van der Waals surface area contributed by atoms with E-state index < -0.39 is 11.7 Å². The molecule has 4 aliphatic carbocycles. The molecular weight excluding hydrogens is 400 g/mol. The summed E-state index contributed by atoms with van der Waals surface area (Å²) < 4.78 is 0. The van der Waals surface area contributed by atoms with Gasteiger partial charge in [-0.1, -0.05) is 27.7 Å². The molecule has 0 saturated heterocycles. The average molecular weight is 449 g/mol. The zero-order valence-corrected chi connectivity index (χ0v) is 21.4. The molecule has 3 N–H and O–H groups in total. The smallest absolute Gasteiger partial charge is 0.133 e. The lowest BCUT2D eigenvalue weighted by atomic mass is 9.38. The van der Waals surface area contributed by atoms with Crippen molar-refractivity contribution in [3.63, 3.8) is 0 Å². The van der Waals surface area contributed by atoms with E-state index in [1.165, 1.54) is 19.3 Å². The van der Waals surface area contributed by atoms with Crippen molar-refractivity contribution in [2.75, 3.05) is 0 Å². The Morgan fingerprint density at radius 2 is 1.69 bits per heavy atom. The molecule has 0 amide bonds. The molecule has 4 fully saturated rings. The molecule has 0 radical (unpaired) electrons. The van der Waals surface area contributed by atoms with Gasteiger partial charge in [-0.25, -0.2) is 0 Å². The van der Waals surface area contributed by atoms with Crippen LogP contribution in [0.1, 0.15) is 106 Å². The highest BCUT2D eigenvalue weighted by Crippen LogP contribution is 2.72. The van der Waals surface area contributed by atoms with Crippen molar-refractivity contribution < 1.29 is 20.1 Å². The number of carbonyl (C=O) groups is 1. The molecule has 0 aromatic carbocycles. The number of carbonyl (C=O) groups excluding carboxylic acids is 1. The average Bonchev–Trinajstić information content (AvgIpc) is 3.05. The Balaban J connectivity index is 1.55. The van der Waals surface area contributed by atoms with Gasteiger partial charge in [-0.3, -0.25) is 4.79 Å². The van der Waals surface area contributed by atoms with Crippen molar-refractivity contribution in [3.8, 4) is 0 Å². The fourth-order valence-corrected chi connectivity index (χ4v) is 9.63. The minimum absolute atomic E-state index is 0.0697. The van der Waals surface area contributed by atoms with E-state index >= 15 is 0 Å². The predicted octanol–water partition coefficient (Wildman–Crippen LogP) is 5.12. The molecule has 0 aliphatic heterocycles. The van der Waals surface area contributed by atoms with E-state index in [1.54, 1.807) is 13.8 Å². The molecule has 0 heterocycles. The third-order valence-electron chi connectivity index (χ3n) is 11.7. The fourth-order valence-electron chi connectivity index (χ4n) is 9.63. The molecule has 4 nitrogen and oxygen atoms in total. The zero-order valence-electron chi connectivity index (χ0n) is 21.4. The van der Waals surface area contributed by atoms with Gasteiger partial charge in [-0.15, -0.1) is 0 Å². The molecule has 0 aromatic heterocycles. The predicted molar refractivity (Wildman–Crippen MR) is 127 cm³/mol. The first-order chi connectivity index (χ1) is 14.7. The van der Waals surface area contributed by atoms with Gasteiger partial charge in [-0.05, 0) is 106 Å². The first kappa shape index (κ1) is 24.7. The van der Waals surface area contributed by atoms with E-state index in [9.17, 15) is 20.1 Å². The first-order valence-corrected chi connectivity index (χ1v) is 13.3. The van der Waals surface area contributed by atoms with E-state index in [-0.39, 0.29) is 22.3 Å². The molecule has 4 saturated carbocycles. The van der Waals surface area contributed by atoms with Gasteiger partial charge in [0.15, 0.2) is 0 Å². The van der Waals surface area contributed by atoms with Crippen LogP contribution in [0.25, 0.3) is 0 Å². The van der Waals surface area contributed by atoms with Gasteiger partial charge in [0.25, 0.3) is 0 Å². The second-order valence-electron chi connectivity index (χ2n) is 13.6. The second kappa shape index (κ2) is 8.05. The van der Waals surface area contributed by atoms with Crippen molar-refractivity contribution in [2.45, 2.75) is 124 Å². The van der Waals surface area contributed by atoms with E-state index in [1.807, 2.05) is 0 Å². The lowest BCUT2D eigenvalue weighted by Crippen LogP contribution is -2.64. The highest BCUT2D eigenvalue weighted by molar-refractivity contribution is 5.79. The summed E-state index contributed by atoms with van der Waals surface area (Å²) in [7, 11) is 0. The van der Waals surface area contributed by atoms with E-state index in [2.05, 4.69) is 27.7 Å². The number of hydrogen-bond donors (Lipinski definition) is 3. The molecule has 184 valence electrons. The van der Waals surface area contributed by atoms with Crippen LogP contribution in [0, 0.1) is 45.8 Å². The summed E-state index contributed by atoms with van der Waals surface area (Å²) in [4.78, 5) is 12.2.